The molecule has 0 aliphatic heterocycles. The molecule has 0 N–H and O–H groups in total. The molecule has 0 heterocycles. The lowest BCUT2D eigenvalue weighted by Crippen LogP contribution is -2.41. The number of hydrogen-bond donors (Lipinski definition) is 0. The van der Waals surface area contributed by atoms with Crippen molar-refractivity contribution >= 4 is 18.5 Å². The number of carbonyl (C=O) groups excluding carboxylic acids is 2. The molecule has 3 rings (SSSR count). The van der Waals surface area contributed by atoms with Crippen LogP contribution in [0, 0.1) is 5.41 Å². The lowest BCUT2D eigenvalue weighted by Gasteiger charge is -2.34. The van der Waals surface area contributed by atoms with E-state index in [1.165, 1.54) is 28.5 Å². The van der Waals surface area contributed by atoms with E-state index in [-0.39, 0.29) is 17.7 Å². The van der Waals surface area contributed by atoms with Gasteiger partial charge in [0.05, 0.1) is 11.6 Å². The molecule has 0 radical (unpaired) electrons. The zero-order chi connectivity index (χ0) is 22.2. The van der Waals surface area contributed by atoms with Crippen molar-refractivity contribution < 1.29 is 14.4 Å². The summed E-state index contributed by atoms with van der Waals surface area (Å²) in [5.41, 5.74) is 4.60. The Morgan fingerprint density at radius 1 is 1.00 bits per heavy atom. The molecule has 0 aromatic heterocycles. The number of ketones is 1. The number of nitrogens with zero attached hydrogens (tertiary/aromatic N) is 1. The average Bonchev–Trinajstić information content (AvgIpc) is 3.03. The van der Waals surface area contributed by atoms with Gasteiger partial charge in [-0.05, 0) is 68.4 Å². The number of carbonyl (C=O) groups is 2. The van der Waals surface area contributed by atoms with Crippen molar-refractivity contribution in [3.63, 3.8) is 0 Å². The van der Waals surface area contributed by atoms with Crippen molar-refractivity contribution in [3.8, 4) is 11.1 Å². The Bertz CT molecular complexity index is 997. The van der Waals surface area contributed by atoms with Crippen LogP contribution in [0.15, 0.2) is 47.6 Å². The molecule has 0 saturated heterocycles. The van der Waals surface area contributed by atoms with E-state index in [4.69, 9.17) is 0 Å². The first kappa shape index (κ1) is 21.9. The van der Waals surface area contributed by atoms with E-state index in [1.807, 2.05) is 13.8 Å². The van der Waals surface area contributed by atoms with Crippen molar-refractivity contribution in [1.29, 1.82) is 0 Å². The van der Waals surface area contributed by atoms with Crippen molar-refractivity contribution in [3.05, 3.63) is 59.2 Å². The highest BCUT2D eigenvalue weighted by Crippen LogP contribution is 2.53. The van der Waals surface area contributed by atoms with Crippen LogP contribution in [0.5, 0.6) is 0 Å². The number of Topliss-reactive ketones (excluding diaryl/α,β-unsaturated/α-hetero) is 1. The lowest BCUT2D eigenvalue weighted by atomic mass is 9.68. The highest BCUT2D eigenvalue weighted by atomic mass is 16.7. The van der Waals surface area contributed by atoms with Crippen LogP contribution in [0.1, 0.15) is 71.1 Å². The van der Waals surface area contributed by atoms with Crippen molar-refractivity contribution in [1.82, 2.24) is 0 Å². The summed E-state index contributed by atoms with van der Waals surface area (Å²) in [6.45, 7) is 12.2. The third-order valence-corrected chi connectivity index (χ3v) is 6.83. The molecular weight excluding hydrogens is 374 g/mol. The van der Waals surface area contributed by atoms with E-state index in [1.54, 1.807) is 13.8 Å². The largest absolute Gasteiger partial charge is 0.323 e. The maximum atomic E-state index is 13.5. The summed E-state index contributed by atoms with van der Waals surface area (Å²) in [5, 5.41) is 3.61. The first-order chi connectivity index (χ1) is 14.2. The topological polar surface area (TPSA) is 55.7 Å². The van der Waals surface area contributed by atoms with E-state index in [2.05, 4.69) is 66.3 Å². The minimum Gasteiger partial charge on any atom is -0.322 e. The van der Waals surface area contributed by atoms with Gasteiger partial charge in [-0.2, -0.15) is 0 Å². The van der Waals surface area contributed by atoms with Crippen LogP contribution in [-0.4, -0.2) is 18.5 Å². The Labute approximate surface area is 179 Å². The molecule has 1 aliphatic carbocycles. The molecule has 0 fully saturated rings. The van der Waals surface area contributed by atoms with Crippen molar-refractivity contribution in [2.45, 2.75) is 65.2 Å². The molecule has 0 amide bonds. The van der Waals surface area contributed by atoms with Crippen molar-refractivity contribution in [2.24, 2.45) is 10.6 Å². The highest BCUT2D eigenvalue weighted by Gasteiger charge is 2.43. The molecule has 30 heavy (non-hydrogen) atoms. The van der Waals surface area contributed by atoms with Crippen LogP contribution in [0.25, 0.3) is 11.1 Å². The zero-order valence-corrected chi connectivity index (χ0v) is 18.8. The van der Waals surface area contributed by atoms with E-state index in [0.717, 1.165) is 18.4 Å². The number of oxime groups is 1. The monoisotopic (exact) mass is 405 g/mol. The van der Waals surface area contributed by atoms with Gasteiger partial charge in [-0.25, -0.2) is 0 Å². The SMILES string of the molecule is CCC1(CC)c2ccccc2-c2ccc(C(C)(C)C(=O)C(C)(C)/C=N/OC=O)cc21. The van der Waals surface area contributed by atoms with E-state index in [0.29, 0.717) is 0 Å². The molecule has 0 saturated carbocycles. The fourth-order valence-electron chi connectivity index (χ4n) is 5.04. The molecular formula is C26H31NO3. The minimum atomic E-state index is -0.874. The van der Waals surface area contributed by atoms with Gasteiger partial charge >= 0.3 is 6.47 Å². The Hall–Kier alpha value is -2.75. The molecule has 1 aliphatic rings. The van der Waals surface area contributed by atoms with Crippen LogP contribution in [0.3, 0.4) is 0 Å². The highest BCUT2D eigenvalue weighted by molar-refractivity contribution is 6.04. The second kappa shape index (κ2) is 7.82. The van der Waals surface area contributed by atoms with Crippen LogP contribution in [0.4, 0.5) is 0 Å². The van der Waals surface area contributed by atoms with Gasteiger partial charge < -0.3 is 4.84 Å². The quantitative estimate of drug-likeness (QED) is 0.241. The van der Waals surface area contributed by atoms with Gasteiger partial charge in [0.2, 0.25) is 0 Å². The van der Waals surface area contributed by atoms with E-state index >= 15 is 0 Å². The Balaban J connectivity index is 2.09. The standard InChI is InChI=1S/C26H31NO3/c1-7-26(8-2)21-12-10-9-11-19(21)20-14-13-18(15-22(20)26)25(5,6)23(29)24(3,4)16-27-30-17-28/h9-17H,7-8H2,1-6H3/b27-16+. The predicted molar refractivity (Wildman–Crippen MR) is 121 cm³/mol. The molecule has 0 unspecified atom stereocenters. The first-order valence-corrected chi connectivity index (χ1v) is 10.6. The van der Waals surface area contributed by atoms with Gasteiger partial charge in [0.25, 0.3) is 0 Å². The molecule has 2 aromatic rings. The second-order valence-electron chi connectivity index (χ2n) is 9.21. The van der Waals surface area contributed by atoms with Gasteiger partial charge in [-0.3, -0.25) is 9.59 Å². The maximum absolute atomic E-state index is 13.5. The van der Waals surface area contributed by atoms with E-state index in [9.17, 15) is 9.59 Å². The molecule has 158 valence electrons. The number of hydrogen-bond acceptors (Lipinski definition) is 4. The minimum absolute atomic E-state index is 0.0160. The van der Waals surface area contributed by atoms with Crippen LogP contribution >= 0.6 is 0 Å². The Morgan fingerprint density at radius 2 is 1.63 bits per heavy atom. The smallest absolute Gasteiger partial charge is 0.322 e. The predicted octanol–water partition coefficient (Wildman–Crippen LogP) is 5.80. The normalized spacial score (nSPS) is 15.0. The summed E-state index contributed by atoms with van der Waals surface area (Å²) < 4.78 is 0. The molecule has 2 aromatic carbocycles. The van der Waals surface area contributed by atoms with Gasteiger partial charge in [0.1, 0.15) is 0 Å². The molecule has 0 spiro atoms. The summed E-state index contributed by atoms with van der Waals surface area (Å²) in [6.07, 6.45) is 3.41. The van der Waals surface area contributed by atoms with Crippen molar-refractivity contribution in [2.75, 3.05) is 0 Å². The zero-order valence-electron chi connectivity index (χ0n) is 18.8. The molecule has 4 nitrogen and oxygen atoms in total. The first-order valence-electron chi connectivity index (χ1n) is 10.6. The number of benzene rings is 2. The molecule has 4 heteroatoms. The fourth-order valence-corrected chi connectivity index (χ4v) is 5.04. The summed E-state index contributed by atoms with van der Waals surface area (Å²) in [6, 6.07) is 15.1. The third kappa shape index (κ3) is 3.28. The third-order valence-electron chi connectivity index (χ3n) is 6.83. The van der Waals surface area contributed by atoms with Gasteiger partial charge in [-0.15, -0.1) is 0 Å². The molecule has 0 atom stereocenters. The van der Waals surface area contributed by atoms with Gasteiger partial charge in [0, 0.05) is 10.8 Å². The van der Waals surface area contributed by atoms with Gasteiger partial charge in [-0.1, -0.05) is 61.5 Å². The summed E-state index contributed by atoms with van der Waals surface area (Å²) in [4.78, 5) is 28.3. The number of fused-ring (bicyclic) bond motifs is 3. The number of rotatable bonds is 8. The van der Waals surface area contributed by atoms with Gasteiger partial charge in [0.15, 0.2) is 5.78 Å². The summed E-state index contributed by atoms with van der Waals surface area (Å²) in [5.74, 6) is 0.0160. The molecule has 0 bridgehead atoms. The maximum Gasteiger partial charge on any atom is 0.323 e. The van der Waals surface area contributed by atoms with Crippen LogP contribution < -0.4 is 0 Å². The lowest BCUT2D eigenvalue weighted by molar-refractivity contribution is -0.130. The summed E-state index contributed by atoms with van der Waals surface area (Å²) in [7, 11) is 0. The van der Waals surface area contributed by atoms with Crippen LogP contribution in [0.2, 0.25) is 0 Å². The second-order valence-corrected chi connectivity index (χ2v) is 9.21. The van der Waals surface area contributed by atoms with Crippen LogP contribution in [-0.2, 0) is 25.3 Å². The summed E-state index contributed by atoms with van der Waals surface area (Å²) >= 11 is 0. The average molecular weight is 406 g/mol. The Morgan fingerprint density at radius 3 is 2.27 bits per heavy atom. The fraction of sp³-hybridized carbons (Fsp3) is 0.423. The van der Waals surface area contributed by atoms with E-state index < -0.39 is 10.8 Å². The Kier molecular flexibility index (Phi) is 5.72.